The minimum Gasteiger partial charge on any atom is -0.493 e. The molecule has 0 amide bonds. The SMILES string of the molecule is CC.CCCCCCC(=O)O.Cc1ccc2c(c1)OCCC2. The highest BCUT2D eigenvalue weighted by molar-refractivity contribution is 5.66. The van der Waals surface area contributed by atoms with Gasteiger partial charge in [0.25, 0.3) is 0 Å². The number of unbranched alkanes of at least 4 members (excludes halogenated alkanes) is 3. The maximum atomic E-state index is 9.96. The second-order valence-electron chi connectivity index (χ2n) is 5.27. The molecule has 0 aromatic heterocycles. The molecule has 0 radical (unpaired) electrons. The van der Waals surface area contributed by atoms with Crippen LogP contribution in [-0.2, 0) is 11.2 Å². The van der Waals surface area contributed by atoms with E-state index in [4.69, 9.17) is 9.84 Å². The quantitative estimate of drug-likeness (QED) is 0.742. The van der Waals surface area contributed by atoms with Gasteiger partial charge in [0.15, 0.2) is 0 Å². The minimum absolute atomic E-state index is 0.333. The predicted molar refractivity (Wildman–Crippen MR) is 92.7 cm³/mol. The second kappa shape index (κ2) is 13.2. The van der Waals surface area contributed by atoms with Crippen LogP contribution in [0.4, 0.5) is 0 Å². The van der Waals surface area contributed by atoms with E-state index in [0.29, 0.717) is 6.42 Å². The van der Waals surface area contributed by atoms with Gasteiger partial charge in [0, 0.05) is 6.42 Å². The van der Waals surface area contributed by atoms with Gasteiger partial charge in [0.2, 0.25) is 0 Å². The van der Waals surface area contributed by atoms with Crippen molar-refractivity contribution in [1.29, 1.82) is 0 Å². The molecule has 0 saturated carbocycles. The normalized spacial score (nSPS) is 11.8. The van der Waals surface area contributed by atoms with Gasteiger partial charge in [-0.25, -0.2) is 0 Å². The standard InChI is InChI=1S/C10H12O.C7H14O2.C2H6/c1-8-4-5-9-3-2-6-11-10(9)7-8;1-2-3-4-5-6-7(8)9;1-2/h4-5,7H,2-3,6H2,1H3;2-6H2,1H3,(H,8,9);1-2H3. The van der Waals surface area contributed by atoms with Crippen molar-refractivity contribution in [2.75, 3.05) is 6.61 Å². The number of ether oxygens (including phenoxy) is 1. The molecule has 0 unspecified atom stereocenters. The van der Waals surface area contributed by atoms with E-state index < -0.39 is 5.97 Å². The van der Waals surface area contributed by atoms with Crippen molar-refractivity contribution in [1.82, 2.24) is 0 Å². The van der Waals surface area contributed by atoms with Crippen LogP contribution in [0.25, 0.3) is 0 Å². The number of benzene rings is 1. The number of fused-ring (bicyclic) bond motifs is 1. The molecule has 3 nitrogen and oxygen atoms in total. The molecule has 0 aliphatic carbocycles. The molecular formula is C19H32O3. The van der Waals surface area contributed by atoms with Crippen molar-refractivity contribution in [2.24, 2.45) is 0 Å². The molecule has 1 aliphatic heterocycles. The Balaban J connectivity index is 0.000000369. The Kier molecular flexibility index (Phi) is 12.3. The lowest BCUT2D eigenvalue weighted by atomic mass is 10.0. The van der Waals surface area contributed by atoms with E-state index in [2.05, 4.69) is 32.0 Å². The fraction of sp³-hybridized carbons (Fsp3) is 0.632. The third kappa shape index (κ3) is 9.43. The molecule has 2 rings (SSSR count). The highest BCUT2D eigenvalue weighted by Crippen LogP contribution is 2.25. The summed E-state index contributed by atoms with van der Waals surface area (Å²) in [6.07, 6.45) is 6.89. The average molecular weight is 308 g/mol. The summed E-state index contributed by atoms with van der Waals surface area (Å²) in [6.45, 7) is 9.09. The summed E-state index contributed by atoms with van der Waals surface area (Å²) >= 11 is 0. The highest BCUT2D eigenvalue weighted by atomic mass is 16.5. The Morgan fingerprint density at radius 2 is 1.95 bits per heavy atom. The first-order valence-corrected chi connectivity index (χ1v) is 8.57. The van der Waals surface area contributed by atoms with Crippen molar-refractivity contribution >= 4 is 5.97 Å². The highest BCUT2D eigenvalue weighted by Gasteiger charge is 2.08. The first-order valence-electron chi connectivity index (χ1n) is 8.57. The van der Waals surface area contributed by atoms with Gasteiger partial charge < -0.3 is 9.84 Å². The summed E-state index contributed by atoms with van der Waals surface area (Å²) < 4.78 is 5.50. The fourth-order valence-electron chi connectivity index (χ4n) is 2.15. The van der Waals surface area contributed by atoms with Crippen LogP contribution in [0, 0.1) is 6.92 Å². The lowest BCUT2D eigenvalue weighted by molar-refractivity contribution is -0.137. The summed E-state index contributed by atoms with van der Waals surface area (Å²) in [6, 6.07) is 6.44. The van der Waals surface area contributed by atoms with Crippen molar-refractivity contribution in [2.45, 2.75) is 72.6 Å². The Morgan fingerprint density at radius 1 is 1.23 bits per heavy atom. The number of rotatable bonds is 5. The monoisotopic (exact) mass is 308 g/mol. The number of carboxylic acids is 1. The number of aliphatic carboxylic acids is 1. The van der Waals surface area contributed by atoms with Gasteiger partial charge in [0.05, 0.1) is 6.61 Å². The zero-order valence-corrected chi connectivity index (χ0v) is 14.7. The third-order valence-corrected chi connectivity index (χ3v) is 3.31. The van der Waals surface area contributed by atoms with Crippen molar-refractivity contribution < 1.29 is 14.6 Å². The number of hydrogen-bond acceptors (Lipinski definition) is 2. The van der Waals surface area contributed by atoms with Gasteiger partial charge in [-0.1, -0.05) is 52.2 Å². The molecule has 0 spiro atoms. The molecule has 0 bridgehead atoms. The van der Waals surface area contributed by atoms with E-state index in [0.717, 1.165) is 38.0 Å². The Bertz CT molecular complexity index is 413. The number of hydrogen-bond donors (Lipinski definition) is 1. The summed E-state index contributed by atoms with van der Waals surface area (Å²) in [5.74, 6) is 0.419. The molecule has 3 heteroatoms. The zero-order valence-electron chi connectivity index (χ0n) is 14.7. The van der Waals surface area contributed by atoms with Gasteiger partial charge in [-0.2, -0.15) is 0 Å². The van der Waals surface area contributed by atoms with Crippen LogP contribution in [0.15, 0.2) is 18.2 Å². The van der Waals surface area contributed by atoms with Gasteiger partial charge in [-0.15, -0.1) is 0 Å². The molecular weight excluding hydrogens is 276 g/mol. The topological polar surface area (TPSA) is 46.5 Å². The molecule has 22 heavy (non-hydrogen) atoms. The number of carboxylic acid groups (broad SMARTS) is 1. The van der Waals surface area contributed by atoms with E-state index >= 15 is 0 Å². The fourth-order valence-corrected chi connectivity index (χ4v) is 2.15. The van der Waals surface area contributed by atoms with Crippen LogP contribution in [0.1, 0.15) is 70.4 Å². The zero-order chi connectivity index (χ0) is 16.8. The van der Waals surface area contributed by atoms with Gasteiger partial charge in [-0.3, -0.25) is 4.79 Å². The molecule has 0 fully saturated rings. The van der Waals surface area contributed by atoms with Crippen LogP contribution >= 0.6 is 0 Å². The van der Waals surface area contributed by atoms with Gasteiger partial charge >= 0.3 is 5.97 Å². The van der Waals surface area contributed by atoms with E-state index in [1.165, 1.54) is 24.0 Å². The lowest BCUT2D eigenvalue weighted by Gasteiger charge is -2.16. The first kappa shape index (κ1) is 20.5. The second-order valence-corrected chi connectivity index (χ2v) is 5.27. The van der Waals surface area contributed by atoms with E-state index in [-0.39, 0.29) is 0 Å². The van der Waals surface area contributed by atoms with Crippen LogP contribution < -0.4 is 4.74 Å². The number of aryl methyl sites for hydroxylation is 2. The summed E-state index contributed by atoms with van der Waals surface area (Å²) in [5, 5.41) is 8.21. The first-order chi connectivity index (χ1) is 10.6. The molecule has 1 aromatic carbocycles. The molecule has 1 heterocycles. The maximum Gasteiger partial charge on any atom is 0.303 e. The summed E-state index contributed by atoms with van der Waals surface area (Å²) in [5.41, 5.74) is 2.65. The van der Waals surface area contributed by atoms with Crippen molar-refractivity contribution in [3.8, 4) is 5.75 Å². The Hall–Kier alpha value is -1.51. The minimum atomic E-state index is -0.675. The molecule has 126 valence electrons. The van der Waals surface area contributed by atoms with E-state index in [1.54, 1.807) is 0 Å². The molecule has 1 N–H and O–H groups in total. The molecule has 1 aliphatic rings. The lowest BCUT2D eigenvalue weighted by Crippen LogP contribution is -2.07. The van der Waals surface area contributed by atoms with Gasteiger partial charge in [0.1, 0.15) is 5.75 Å². The predicted octanol–water partition coefficient (Wildman–Crippen LogP) is 5.39. The summed E-state index contributed by atoms with van der Waals surface area (Å²) in [7, 11) is 0. The third-order valence-electron chi connectivity index (χ3n) is 3.31. The summed E-state index contributed by atoms with van der Waals surface area (Å²) in [4.78, 5) is 9.96. The van der Waals surface area contributed by atoms with Crippen molar-refractivity contribution in [3.63, 3.8) is 0 Å². The number of carbonyl (C=O) groups is 1. The van der Waals surface area contributed by atoms with Crippen molar-refractivity contribution in [3.05, 3.63) is 29.3 Å². The smallest absolute Gasteiger partial charge is 0.303 e. The Morgan fingerprint density at radius 3 is 2.59 bits per heavy atom. The maximum absolute atomic E-state index is 9.96. The Labute approximate surface area is 135 Å². The van der Waals surface area contributed by atoms with Crippen LogP contribution in [-0.4, -0.2) is 17.7 Å². The van der Waals surface area contributed by atoms with Gasteiger partial charge in [-0.05, 0) is 43.4 Å². The van der Waals surface area contributed by atoms with Crippen LogP contribution in [0.2, 0.25) is 0 Å². The van der Waals surface area contributed by atoms with E-state index in [9.17, 15) is 4.79 Å². The van der Waals surface area contributed by atoms with Crippen LogP contribution in [0.3, 0.4) is 0 Å². The largest absolute Gasteiger partial charge is 0.493 e. The molecule has 0 atom stereocenters. The van der Waals surface area contributed by atoms with E-state index in [1.807, 2.05) is 13.8 Å². The van der Waals surface area contributed by atoms with Crippen LogP contribution in [0.5, 0.6) is 5.75 Å². The average Bonchev–Trinajstić information content (AvgIpc) is 2.54. The molecule has 0 saturated heterocycles. The molecule has 1 aromatic rings.